The van der Waals surface area contributed by atoms with Crippen LogP contribution in [0.1, 0.15) is 52.9 Å². The zero-order valence-corrected chi connectivity index (χ0v) is 12.3. The molecule has 2 heteroatoms. The van der Waals surface area contributed by atoms with Crippen LogP contribution in [0.5, 0.6) is 0 Å². The Morgan fingerprint density at radius 3 is 2.67 bits per heavy atom. The van der Waals surface area contributed by atoms with Gasteiger partial charge >= 0.3 is 0 Å². The van der Waals surface area contributed by atoms with Crippen molar-refractivity contribution >= 4 is 0 Å². The molecule has 2 nitrogen and oxygen atoms in total. The number of ether oxygens (including phenoxy) is 1. The topological polar surface area (TPSA) is 29.5 Å². The van der Waals surface area contributed by atoms with Crippen LogP contribution < -0.4 is 0 Å². The number of hydrogen-bond acceptors (Lipinski definition) is 2. The summed E-state index contributed by atoms with van der Waals surface area (Å²) in [5.74, 6) is 0.886. The molecule has 18 heavy (non-hydrogen) atoms. The van der Waals surface area contributed by atoms with Gasteiger partial charge in [-0.05, 0) is 31.3 Å². The molecule has 0 radical (unpaired) electrons. The van der Waals surface area contributed by atoms with Crippen molar-refractivity contribution in [3.05, 3.63) is 35.6 Å². The molecule has 1 atom stereocenters. The Kier molecular flexibility index (Phi) is 9.39. The van der Waals surface area contributed by atoms with Crippen molar-refractivity contribution in [1.29, 1.82) is 0 Å². The summed E-state index contributed by atoms with van der Waals surface area (Å²) >= 11 is 0. The summed E-state index contributed by atoms with van der Waals surface area (Å²) in [6.45, 7) is 10.2. The minimum absolute atomic E-state index is 0.336. The molecule has 1 aliphatic heterocycles. The Hall–Kier alpha value is -1.02. The average Bonchev–Trinajstić information content (AvgIpc) is 2.78. The van der Waals surface area contributed by atoms with Crippen LogP contribution in [-0.2, 0) is 4.74 Å². The van der Waals surface area contributed by atoms with E-state index in [9.17, 15) is 0 Å². The lowest BCUT2D eigenvalue weighted by atomic mass is 9.93. The smallest absolute Gasteiger partial charge is 0.121 e. The van der Waals surface area contributed by atoms with Crippen LogP contribution in [0.2, 0.25) is 0 Å². The molecule has 2 aliphatic rings. The molecule has 1 heterocycles. The number of rotatable bonds is 3. The van der Waals surface area contributed by atoms with Crippen molar-refractivity contribution in [2.75, 3.05) is 7.11 Å². The quantitative estimate of drug-likeness (QED) is 0.808. The second-order valence-electron chi connectivity index (χ2n) is 4.05. The summed E-state index contributed by atoms with van der Waals surface area (Å²) in [4.78, 5) is 0. The lowest BCUT2D eigenvalue weighted by Gasteiger charge is -2.14. The van der Waals surface area contributed by atoms with Gasteiger partial charge in [0.1, 0.15) is 11.9 Å². The summed E-state index contributed by atoms with van der Waals surface area (Å²) in [5.41, 5.74) is 2.77. The van der Waals surface area contributed by atoms with Crippen molar-refractivity contribution in [1.82, 2.24) is 0 Å². The van der Waals surface area contributed by atoms with Gasteiger partial charge in [-0.15, -0.1) is 0 Å². The van der Waals surface area contributed by atoms with Crippen LogP contribution in [-0.4, -0.2) is 18.3 Å². The summed E-state index contributed by atoms with van der Waals surface area (Å²) in [7, 11) is 1.00. The van der Waals surface area contributed by atoms with Gasteiger partial charge in [0, 0.05) is 12.7 Å². The molecule has 1 N–H and O–H groups in total. The molecule has 0 aromatic rings. The van der Waals surface area contributed by atoms with Crippen LogP contribution in [0.25, 0.3) is 0 Å². The van der Waals surface area contributed by atoms with Gasteiger partial charge in [-0.3, -0.25) is 0 Å². The largest absolute Gasteiger partial charge is 0.486 e. The van der Waals surface area contributed by atoms with E-state index in [1.165, 1.54) is 30.4 Å². The van der Waals surface area contributed by atoms with E-state index in [1.54, 1.807) is 0 Å². The van der Waals surface area contributed by atoms with Crippen molar-refractivity contribution in [3.63, 3.8) is 0 Å². The SMILES string of the molecule is C=C1OC(CCCC)C2=C1C=CCC2.CC.CO. The van der Waals surface area contributed by atoms with Gasteiger partial charge in [0.2, 0.25) is 0 Å². The molecule has 0 aromatic heterocycles. The normalized spacial score (nSPS) is 20.3. The van der Waals surface area contributed by atoms with E-state index in [0.29, 0.717) is 6.10 Å². The van der Waals surface area contributed by atoms with Crippen LogP contribution in [0.4, 0.5) is 0 Å². The second-order valence-corrected chi connectivity index (χ2v) is 4.05. The van der Waals surface area contributed by atoms with E-state index in [-0.39, 0.29) is 0 Å². The highest BCUT2D eigenvalue weighted by atomic mass is 16.5. The van der Waals surface area contributed by atoms with Crippen molar-refractivity contribution in [2.24, 2.45) is 0 Å². The van der Waals surface area contributed by atoms with Crippen LogP contribution >= 0.6 is 0 Å². The molecule has 0 bridgehead atoms. The van der Waals surface area contributed by atoms with Crippen LogP contribution in [0.15, 0.2) is 35.6 Å². The van der Waals surface area contributed by atoms with Gasteiger partial charge in [-0.25, -0.2) is 0 Å². The van der Waals surface area contributed by atoms with E-state index >= 15 is 0 Å². The Morgan fingerprint density at radius 1 is 1.39 bits per heavy atom. The number of unbranched alkanes of at least 4 members (excludes halogenated alkanes) is 1. The third kappa shape index (κ3) is 4.34. The number of hydrogen-bond donors (Lipinski definition) is 1. The molecular formula is C16H28O2. The van der Waals surface area contributed by atoms with E-state index in [2.05, 4.69) is 25.7 Å². The first kappa shape index (κ1) is 17.0. The predicted molar refractivity (Wildman–Crippen MR) is 78.4 cm³/mol. The lowest BCUT2D eigenvalue weighted by Crippen LogP contribution is -2.09. The van der Waals surface area contributed by atoms with Gasteiger partial charge in [0.25, 0.3) is 0 Å². The van der Waals surface area contributed by atoms with Crippen molar-refractivity contribution < 1.29 is 9.84 Å². The fourth-order valence-corrected chi connectivity index (χ4v) is 2.22. The lowest BCUT2D eigenvalue weighted by molar-refractivity contribution is 0.161. The molecule has 2 rings (SSSR count). The van der Waals surface area contributed by atoms with E-state index in [1.807, 2.05) is 13.8 Å². The maximum Gasteiger partial charge on any atom is 0.121 e. The van der Waals surface area contributed by atoms with Crippen molar-refractivity contribution in [2.45, 2.75) is 59.0 Å². The fraction of sp³-hybridized carbons (Fsp3) is 0.625. The molecule has 0 aromatic carbocycles. The van der Waals surface area contributed by atoms with Crippen LogP contribution in [0.3, 0.4) is 0 Å². The third-order valence-corrected chi connectivity index (χ3v) is 3.00. The zero-order chi connectivity index (χ0) is 14.0. The molecular weight excluding hydrogens is 224 g/mol. The molecule has 104 valence electrons. The fourth-order valence-electron chi connectivity index (χ4n) is 2.22. The highest BCUT2D eigenvalue weighted by Crippen LogP contribution is 2.37. The standard InChI is InChI=1S/C13H18O.C2H6.CH4O/c1-3-4-9-13-12-8-6-5-7-11(12)10(2)14-13;2*1-2/h5,7,13H,2-4,6,8-9H2,1H3;1-2H3;2H,1H3. The van der Waals surface area contributed by atoms with E-state index < -0.39 is 0 Å². The summed E-state index contributed by atoms with van der Waals surface area (Å²) in [5, 5.41) is 7.00. The van der Waals surface area contributed by atoms with Gasteiger partial charge < -0.3 is 9.84 Å². The van der Waals surface area contributed by atoms with Crippen molar-refractivity contribution in [3.8, 4) is 0 Å². The highest BCUT2D eigenvalue weighted by molar-refractivity contribution is 5.46. The Labute approximate surface area is 112 Å². The maximum absolute atomic E-state index is 7.00. The molecule has 0 saturated carbocycles. The van der Waals surface area contributed by atoms with Gasteiger partial charge in [0.05, 0.1) is 0 Å². The first-order valence-electron chi connectivity index (χ1n) is 7.03. The minimum atomic E-state index is 0.336. The first-order chi connectivity index (χ1) is 8.83. The minimum Gasteiger partial charge on any atom is -0.486 e. The second kappa shape index (κ2) is 9.95. The molecule has 0 saturated heterocycles. The Balaban J connectivity index is 0.000000659. The van der Waals surface area contributed by atoms with E-state index in [0.717, 1.165) is 25.7 Å². The number of allylic oxidation sites excluding steroid dienone is 2. The van der Waals surface area contributed by atoms with Crippen LogP contribution in [0, 0.1) is 0 Å². The summed E-state index contributed by atoms with van der Waals surface area (Å²) < 4.78 is 5.79. The molecule has 0 fully saturated rings. The number of aliphatic hydroxyl groups excluding tert-OH is 1. The maximum atomic E-state index is 7.00. The molecule has 0 spiro atoms. The zero-order valence-electron chi connectivity index (χ0n) is 12.3. The highest BCUT2D eigenvalue weighted by Gasteiger charge is 2.28. The summed E-state index contributed by atoms with van der Waals surface area (Å²) in [6.07, 6.45) is 10.7. The Morgan fingerprint density at radius 2 is 2.06 bits per heavy atom. The molecule has 1 unspecified atom stereocenters. The Bertz CT molecular complexity index is 300. The molecule has 1 aliphatic carbocycles. The third-order valence-electron chi connectivity index (χ3n) is 3.00. The molecule has 0 amide bonds. The van der Waals surface area contributed by atoms with Gasteiger partial charge in [0.15, 0.2) is 0 Å². The summed E-state index contributed by atoms with van der Waals surface area (Å²) in [6, 6.07) is 0. The number of aliphatic hydroxyl groups is 1. The first-order valence-corrected chi connectivity index (χ1v) is 7.03. The van der Waals surface area contributed by atoms with E-state index in [4.69, 9.17) is 9.84 Å². The monoisotopic (exact) mass is 252 g/mol. The average molecular weight is 252 g/mol. The predicted octanol–water partition coefficient (Wildman–Crippen LogP) is 4.37. The van der Waals surface area contributed by atoms with Gasteiger partial charge in [-0.1, -0.05) is 45.9 Å². The van der Waals surface area contributed by atoms with Gasteiger partial charge in [-0.2, -0.15) is 0 Å².